The summed E-state index contributed by atoms with van der Waals surface area (Å²) < 4.78 is 90.6. The largest absolute Gasteiger partial charge is 0.416 e. The molecule has 3 nitrogen and oxygen atoms in total. The molecule has 322 valence electrons. The molecule has 8 aromatic rings. The lowest BCUT2D eigenvalue weighted by Gasteiger charge is -2.20. The molecule has 0 aliphatic rings. The van der Waals surface area contributed by atoms with Crippen molar-refractivity contribution in [3.05, 3.63) is 137 Å². The third kappa shape index (κ3) is 7.66. The lowest BCUT2D eigenvalue weighted by atomic mass is 9.85. The number of pyridine rings is 1. The summed E-state index contributed by atoms with van der Waals surface area (Å²) in [5, 5.41) is 3.86. The van der Waals surface area contributed by atoms with Crippen LogP contribution in [0.15, 0.2) is 103 Å². The van der Waals surface area contributed by atoms with Gasteiger partial charge in [-0.3, -0.25) is 9.13 Å². The van der Waals surface area contributed by atoms with Gasteiger partial charge in [0, 0.05) is 21.5 Å². The molecule has 0 atom stereocenters. The van der Waals surface area contributed by atoms with Crippen LogP contribution in [0.1, 0.15) is 116 Å². The van der Waals surface area contributed by atoms with Gasteiger partial charge in [-0.25, -0.2) is 4.98 Å². The monoisotopic (exact) mass is 845 g/mol. The van der Waals surface area contributed by atoms with Gasteiger partial charge in [-0.1, -0.05) is 107 Å². The maximum atomic E-state index is 14.4. The van der Waals surface area contributed by atoms with Gasteiger partial charge >= 0.3 is 12.4 Å². The van der Waals surface area contributed by atoms with Crippen molar-refractivity contribution in [2.75, 3.05) is 0 Å². The van der Waals surface area contributed by atoms with Gasteiger partial charge in [0.2, 0.25) is 0 Å². The summed E-state index contributed by atoms with van der Waals surface area (Å²) in [6, 6.07) is 30.1. The topological polar surface area (TPSA) is 22.8 Å². The van der Waals surface area contributed by atoms with E-state index in [9.17, 15) is 26.3 Å². The highest BCUT2D eigenvalue weighted by Gasteiger charge is 2.37. The van der Waals surface area contributed by atoms with Crippen LogP contribution in [0.3, 0.4) is 0 Å². The molecular formula is C53H53F6N3. The molecule has 0 aliphatic carbocycles. The van der Waals surface area contributed by atoms with E-state index in [0.717, 1.165) is 78.0 Å². The average molecular weight is 846 g/mol. The van der Waals surface area contributed by atoms with Crippen molar-refractivity contribution in [2.24, 2.45) is 0 Å². The number of benzene rings is 5. The number of rotatable bonds is 3. The highest BCUT2D eigenvalue weighted by molar-refractivity contribution is 6.11. The Morgan fingerprint density at radius 2 is 0.581 bits per heavy atom. The number of halogens is 6. The van der Waals surface area contributed by atoms with Crippen molar-refractivity contribution in [3.8, 4) is 22.8 Å². The summed E-state index contributed by atoms with van der Waals surface area (Å²) in [4.78, 5) is 5.35. The summed E-state index contributed by atoms with van der Waals surface area (Å²) in [6.07, 6.45) is -10.1. The molecule has 5 aromatic carbocycles. The van der Waals surface area contributed by atoms with Crippen LogP contribution < -0.4 is 0 Å². The minimum atomic E-state index is -5.03. The maximum Gasteiger partial charge on any atom is 0.416 e. The third-order valence-electron chi connectivity index (χ3n) is 12.2. The second-order valence-electron chi connectivity index (χ2n) is 21.0. The lowest BCUT2D eigenvalue weighted by Crippen LogP contribution is -2.11. The second kappa shape index (κ2) is 14.0. The Morgan fingerprint density at radius 3 is 0.823 bits per heavy atom. The Morgan fingerprint density at radius 1 is 0.323 bits per heavy atom. The molecule has 0 unspecified atom stereocenters. The van der Waals surface area contributed by atoms with E-state index in [-0.39, 0.29) is 38.9 Å². The van der Waals surface area contributed by atoms with Gasteiger partial charge in [0.1, 0.15) is 11.6 Å². The van der Waals surface area contributed by atoms with Crippen molar-refractivity contribution >= 4 is 43.6 Å². The van der Waals surface area contributed by atoms with Gasteiger partial charge in [-0.2, -0.15) is 26.3 Å². The van der Waals surface area contributed by atoms with Crippen LogP contribution >= 0.6 is 0 Å². The fourth-order valence-corrected chi connectivity index (χ4v) is 8.43. The van der Waals surface area contributed by atoms with Gasteiger partial charge in [0.15, 0.2) is 0 Å². The summed E-state index contributed by atoms with van der Waals surface area (Å²) in [7, 11) is 0. The van der Waals surface area contributed by atoms with E-state index < -0.39 is 23.5 Å². The molecule has 0 N–H and O–H groups in total. The highest BCUT2D eigenvalue weighted by atomic mass is 19.4. The van der Waals surface area contributed by atoms with E-state index in [1.54, 1.807) is 12.1 Å². The number of nitrogens with zero attached hydrogens (tertiary/aromatic N) is 3. The predicted molar refractivity (Wildman–Crippen MR) is 243 cm³/mol. The maximum absolute atomic E-state index is 14.4. The number of hydrogen-bond acceptors (Lipinski definition) is 1. The summed E-state index contributed by atoms with van der Waals surface area (Å²) in [6.45, 7) is 25.8. The van der Waals surface area contributed by atoms with E-state index in [2.05, 4.69) is 132 Å². The minimum absolute atomic E-state index is 0.154. The van der Waals surface area contributed by atoms with Gasteiger partial charge in [0.05, 0.1) is 33.2 Å². The Bertz CT molecular complexity index is 2730. The zero-order valence-electron chi connectivity index (χ0n) is 37.4. The Balaban J connectivity index is 1.53. The first kappa shape index (κ1) is 43.1. The SMILES string of the molecule is CC(C)(C)c1ccc2c(c1)c1cc(C(C)(C)C)ccc1n2-c1cc(-c2cc(C(F)(F)F)cc(C(F)(F)F)c2)cc(-n2c3ccc(C(C)(C)C)cc3c3cc(C(C)(C)C)ccc32)n1. The number of alkyl halides is 6. The van der Waals surface area contributed by atoms with Crippen molar-refractivity contribution < 1.29 is 26.3 Å². The molecule has 0 saturated heterocycles. The molecule has 0 bridgehead atoms. The van der Waals surface area contributed by atoms with Crippen LogP contribution in [0.25, 0.3) is 66.4 Å². The molecule has 0 saturated carbocycles. The van der Waals surface area contributed by atoms with Crippen LogP contribution in [-0.2, 0) is 34.0 Å². The van der Waals surface area contributed by atoms with E-state index >= 15 is 0 Å². The van der Waals surface area contributed by atoms with Crippen LogP contribution in [0.2, 0.25) is 0 Å². The molecule has 0 spiro atoms. The van der Waals surface area contributed by atoms with E-state index in [1.807, 2.05) is 33.4 Å². The standard InChI is InChI=1S/C53H53F6N3/c1-48(2,3)32-13-17-42-38(26-32)39-27-33(49(4,5)6)14-18-43(39)61(42)46-23-31(30-21-36(52(54,55)56)25-37(22-30)53(57,58)59)24-47(60-46)62-44-19-15-34(50(7,8)9)28-40(44)41-29-35(51(10,11)12)16-20-45(41)62/h13-29H,1-12H3. The zero-order valence-corrected chi connectivity index (χ0v) is 37.4. The molecule has 0 radical (unpaired) electrons. The first-order valence-electron chi connectivity index (χ1n) is 21.0. The average Bonchev–Trinajstić information content (AvgIpc) is 3.67. The van der Waals surface area contributed by atoms with Crippen molar-refractivity contribution in [1.29, 1.82) is 0 Å². The number of fused-ring (bicyclic) bond motifs is 6. The molecular weight excluding hydrogens is 793 g/mol. The summed E-state index contributed by atoms with van der Waals surface area (Å²) in [5.74, 6) is 0.700. The fraction of sp³-hybridized carbons (Fsp3) is 0.340. The molecule has 3 aromatic heterocycles. The van der Waals surface area contributed by atoms with Crippen LogP contribution in [0.5, 0.6) is 0 Å². The Hall–Kier alpha value is -5.57. The van der Waals surface area contributed by atoms with Gasteiger partial charge in [0.25, 0.3) is 0 Å². The van der Waals surface area contributed by atoms with Gasteiger partial charge in [-0.05, 0) is 134 Å². The molecule has 9 heteroatoms. The molecule has 0 aliphatic heterocycles. The molecule has 8 rings (SSSR count). The molecule has 0 amide bonds. The van der Waals surface area contributed by atoms with Crippen LogP contribution in [-0.4, -0.2) is 14.1 Å². The van der Waals surface area contributed by atoms with E-state index in [4.69, 9.17) is 4.98 Å². The summed E-state index contributed by atoms with van der Waals surface area (Å²) >= 11 is 0. The van der Waals surface area contributed by atoms with Crippen LogP contribution in [0.4, 0.5) is 26.3 Å². The Kier molecular flexibility index (Phi) is 9.71. The lowest BCUT2D eigenvalue weighted by molar-refractivity contribution is -0.143. The molecule has 3 heterocycles. The Labute approximate surface area is 359 Å². The predicted octanol–water partition coefficient (Wildman–Crippen LogP) is 16.2. The van der Waals surface area contributed by atoms with Gasteiger partial charge in [-0.15, -0.1) is 0 Å². The van der Waals surface area contributed by atoms with Crippen LogP contribution in [0, 0.1) is 0 Å². The summed E-state index contributed by atoms with van der Waals surface area (Å²) in [5.41, 5.74) is 4.15. The van der Waals surface area contributed by atoms with Gasteiger partial charge < -0.3 is 0 Å². The highest BCUT2D eigenvalue weighted by Crippen LogP contribution is 2.43. The first-order chi connectivity index (χ1) is 28.5. The van der Waals surface area contributed by atoms with E-state index in [1.165, 1.54) is 0 Å². The van der Waals surface area contributed by atoms with Crippen molar-refractivity contribution in [3.63, 3.8) is 0 Å². The molecule has 0 fully saturated rings. The van der Waals surface area contributed by atoms with Crippen molar-refractivity contribution in [2.45, 2.75) is 117 Å². The number of hydrogen-bond donors (Lipinski definition) is 0. The normalized spacial score (nSPS) is 13.6. The smallest absolute Gasteiger partial charge is 0.294 e. The fourth-order valence-electron chi connectivity index (χ4n) is 8.43. The minimum Gasteiger partial charge on any atom is -0.294 e. The quantitative estimate of drug-likeness (QED) is 0.162. The zero-order chi connectivity index (χ0) is 45.3. The number of aromatic nitrogens is 3. The second-order valence-corrected chi connectivity index (χ2v) is 21.0. The third-order valence-corrected chi connectivity index (χ3v) is 12.2. The molecule has 62 heavy (non-hydrogen) atoms. The first-order valence-corrected chi connectivity index (χ1v) is 21.0. The van der Waals surface area contributed by atoms with E-state index in [0.29, 0.717) is 11.6 Å². The van der Waals surface area contributed by atoms with Crippen molar-refractivity contribution in [1.82, 2.24) is 14.1 Å².